The number of nitrogens with zero attached hydrogens (tertiary/aromatic N) is 1. The van der Waals surface area contributed by atoms with Crippen LogP contribution in [-0.2, 0) is 9.59 Å². The van der Waals surface area contributed by atoms with Crippen LogP contribution >= 0.6 is 0 Å². The van der Waals surface area contributed by atoms with Crippen LogP contribution in [0.3, 0.4) is 0 Å². The van der Waals surface area contributed by atoms with E-state index in [0.29, 0.717) is 26.1 Å². The van der Waals surface area contributed by atoms with E-state index < -0.39 is 5.97 Å². The van der Waals surface area contributed by atoms with Crippen molar-refractivity contribution < 1.29 is 19.8 Å². The summed E-state index contributed by atoms with van der Waals surface area (Å²) in [5.74, 6) is -0.897. The molecule has 0 spiro atoms. The van der Waals surface area contributed by atoms with Gasteiger partial charge in [-0.2, -0.15) is 0 Å². The molecule has 156 valence electrons. The second-order valence-corrected chi connectivity index (χ2v) is 7.03. The van der Waals surface area contributed by atoms with Crippen LogP contribution in [0.15, 0.2) is 0 Å². The molecule has 7 heteroatoms. The zero-order valence-electron chi connectivity index (χ0n) is 16.7. The van der Waals surface area contributed by atoms with E-state index in [0.717, 1.165) is 12.8 Å². The van der Waals surface area contributed by atoms with E-state index in [-0.39, 0.29) is 48.6 Å². The normalized spacial score (nSPS) is 10.6. The molecule has 0 heterocycles. The van der Waals surface area contributed by atoms with E-state index in [9.17, 15) is 9.59 Å². The minimum atomic E-state index is -0.925. The van der Waals surface area contributed by atoms with Crippen molar-refractivity contribution >= 4 is 41.4 Å². The molecule has 3 N–H and O–H groups in total. The van der Waals surface area contributed by atoms with Gasteiger partial charge in [-0.05, 0) is 6.42 Å². The van der Waals surface area contributed by atoms with Crippen LogP contribution in [0.1, 0.15) is 84.0 Å². The maximum atomic E-state index is 11.8. The Balaban J connectivity index is 0. The van der Waals surface area contributed by atoms with Crippen LogP contribution in [0.25, 0.3) is 0 Å². The first-order valence-corrected chi connectivity index (χ1v) is 10.4. The number of hydrogen-bond donors (Lipinski definition) is 3. The van der Waals surface area contributed by atoms with E-state index in [1.54, 1.807) is 4.90 Å². The van der Waals surface area contributed by atoms with Crippen molar-refractivity contribution in [2.75, 3.05) is 32.8 Å². The third-order valence-corrected chi connectivity index (χ3v) is 4.53. The molecule has 0 fully saturated rings. The number of unbranched alkanes of at least 4 members (excludes halogenated alkanes) is 10. The summed E-state index contributed by atoms with van der Waals surface area (Å²) >= 11 is 0. The summed E-state index contributed by atoms with van der Waals surface area (Å²) in [6.45, 7) is 3.21. The Morgan fingerprint density at radius 2 is 1.37 bits per heavy atom. The average molecular weight is 397 g/mol. The maximum absolute atomic E-state index is 11.8. The SMILES string of the molecule is CCCCCCCCCCCCCC(=O)NCCN(CCO)CC(=O)O.[NaH]. The summed E-state index contributed by atoms with van der Waals surface area (Å²) in [4.78, 5) is 24.1. The number of aliphatic hydroxyl groups excluding tert-OH is 1. The molecular formula is C20H41N2NaO4. The molecule has 0 saturated heterocycles. The van der Waals surface area contributed by atoms with Gasteiger partial charge in [0.15, 0.2) is 0 Å². The number of nitrogens with one attached hydrogen (secondary N) is 1. The van der Waals surface area contributed by atoms with Gasteiger partial charge in [-0.25, -0.2) is 0 Å². The van der Waals surface area contributed by atoms with Crippen molar-refractivity contribution in [2.24, 2.45) is 0 Å². The number of hydrogen-bond acceptors (Lipinski definition) is 4. The van der Waals surface area contributed by atoms with Crippen molar-refractivity contribution in [3.63, 3.8) is 0 Å². The van der Waals surface area contributed by atoms with Crippen molar-refractivity contribution in [1.82, 2.24) is 10.2 Å². The molecule has 1 amide bonds. The summed E-state index contributed by atoms with van der Waals surface area (Å²) in [6.07, 6.45) is 14.4. The molecule has 0 aliphatic heterocycles. The molecule has 0 aliphatic carbocycles. The molecule has 0 unspecified atom stereocenters. The second kappa shape index (κ2) is 22.2. The van der Waals surface area contributed by atoms with Gasteiger partial charge in [0.05, 0.1) is 13.2 Å². The van der Waals surface area contributed by atoms with Gasteiger partial charge in [0.25, 0.3) is 0 Å². The number of aliphatic hydroxyl groups is 1. The zero-order chi connectivity index (χ0) is 19.5. The Morgan fingerprint density at radius 1 is 0.852 bits per heavy atom. The molecule has 0 atom stereocenters. The number of carbonyl (C=O) groups excluding carboxylic acids is 1. The number of rotatable bonds is 19. The van der Waals surface area contributed by atoms with Crippen LogP contribution < -0.4 is 5.32 Å². The number of carbonyl (C=O) groups is 2. The number of carboxylic acid groups (broad SMARTS) is 1. The Bertz CT molecular complexity index is 357. The summed E-state index contributed by atoms with van der Waals surface area (Å²) in [6, 6.07) is 0. The summed E-state index contributed by atoms with van der Waals surface area (Å²) in [7, 11) is 0. The zero-order valence-corrected chi connectivity index (χ0v) is 16.7. The van der Waals surface area contributed by atoms with E-state index in [1.165, 1.54) is 57.8 Å². The van der Waals surface area contributed by atoms with Crippen LogP contribution in [0.5, 0.6) is 0 Å². The minimum absolute atomic E-state index is 0. The van der Waals surface area contributed by atoms with E-state index >= 15 is 0 Å². The van der Waals surface area contributed by atoms with Crippen LogP contribution in [0, 0.1) is 0 Å². The molecule has 0 aromatic rings. The predicted octanol–water partition coefficient (Wildman–Crippen LogP) is 2.53. The number of aliphatic carboxylic acids is 1. The van der Waals surface area contributed by atoms with Gasteiger partial charge >= 0.3 is 35.5 Å². The van der Waals surface area contributed by atoms with Crippen molar-refractivity contribution in [1.29, 1.82) is 0 Å². The third-order valence-electron chi connectivity index (χ3n) is 4.53. The Hall–Kier alpha value is -0.140. The van der Waals surface area contributed by atoms with Crippen LogP contribution in [-0.4, -0.2) is 89.3 Å². The van der Waals surface area contributed by atoms with Gasteiger partial charge in [-0.1, -0.05) is 71.1 Å². The fraction of sp³-hybridized carbons (Fsp3) is 0.900. The van der Waals surface area contributed by atoms with Gasteiger partial charge in [0, 0.05) is 26.1 Å². The summed E-state index contributed by atoms with van der Waals surface area (Å²) < 4.78 is 0. The molecule has 0 aromatic heterocycles. The van der Waals surface area contributed by atoms with Crippen molar-refractivity contribution in [3.8, 4) is 0 Å². The quantitative estimate of drug-likeness (QED) is 0.231. The first-order valence-electron chi connectivity index (χ1n) is 10.4. The first kappa shape index (κ1) is 29.1. The number of amides is 1. The molecule has 0 bridgehead atoms. The molecule has 0 rings (SSSR count). The first-order chi connectivity index (χ1) is 12.6. The van der Waals surface area contributed by atoms with E-state index in [1.807, 2.05) is 0 Å². The Morgan fingerprint density at radius 3 is 1.85 bits per heavy atom. The fourth-order valence-electron chi connectivity index (χ4n) is 2.99. The molecule has 0 radical (unpaired) electrons. The third kappa shape index (κ3) is 22.0. The predicted molar refractivity (Wildman–Crippen MR) is 112 cm³/mol. The van der Waals surface area contributed by atoms with E-state index in [4.69, 9.17) is 10.2 Å². The molecule has 27 heavy (non-hydrogen) atoms. The summed E-state index contributed by atoms with van der Waals surface area (Å²) in [5, 5.41) is 20.5. The van der Waals surface area contributed by atoms with Crippen molar-refractivity contribution in [3.05, 3.63) is 0 Å². The monoisotopic (exact) mass is 396 g/mol. The van der Waals surface area contributed by atoms with Gasteiger partial charge in [-0.3, -0.25) is 14.5 Å². The van der Waals surface area contributed by atoms with Crippen LogP contribution in [0.4, 0.5) is 0 Å². The number of carboxylic acids is 1. The molecule has 0 aliphatic rings. The van der Waals surface area contributed by atoms with Gasteiger partial charge in [0.1, 0.15) is 0 Å². The Labute approximate surface area is 187 Å². The van der Waals surface area contributed by atoms with Crippen molar-refractivity contribution in [2.45, 2.75) is 84.0 Å². The van der Waals surface area contributed by atoms with Gasteiger partial charge in [-0.15, -0.1) is 0 Å². The molecule has 6 nitrogen and oxygen atoms in total. The fourth-order valence-corrected chi connectivity index (χ4v) is 2.99. The Kier molecular flexibility index (Phi) is 23.8. The van der Waals surface area contributed by atoms with Crippen LogP contribution in [0.2, 0.25) is 0 Å². The summed E-state index contributed by atoms with van der Waals surface area (Å²) in [5.41, 5.74) is 0. The topological polar surface area (TPSA) is 89.9 Å². The standard InChI is InChI=1S/C20H40N2O4.Na.H/c1-2-3-4-5-6-7-8-9-10-11-12-13-19(24)21-14-15-22(16-17-23)18-20(25)26;;/h23H,2-18H2,1H3,(H,21,24)(H,25,26);;. The second-order valence-electron chi connectivity index (χ2n) is 7.03. The average Bonchev–Trinajstić information content (AvgIpc) is 2.59. The molecular weight excluding hydrogens is 355 g/mol. The van der Waals surface area contributed by atoms with Gasteiger partial charge in [0.2, 0.25) is 5.91 Å². The molecule has 0 saturated carbocycles. The molecule has 0 aromatic carbocycles. The van der Waals surface area contributed by atoms with E-state index in [2.05, 4.69) is 12.2 Å². The van der Waals surface area contributed by atoms with Gasteiger partial charge < -0.3 is 15.5 Å².